The van der Waals surface area contributed by atoms with Gasteiger partial charge in [0.2, 0.25) is 5.27 Å². The maximum absolute atomic E-state index is 12.9. The van der Waals surface area contributed by atoms with E-state index in [2.05, 4.69) is 20.6 Å². The van der Waals surface area contributed by atoms with Gasteiger partial charge in [-0.25, -0.2) is 4.98 Å². The van der Waals surface area contributed by atoms with E-state index >= 15 is 0 Å². The lowest BCUT2D eigenvalue weighted by atomic mass is 10.1. The van der Waals surface area contributed by atoms with Crippen molar-refractivity contribution >= 4 is 62.2 Å². The predicted octanol–water partition coefficient (Wildman–Crippen LogP) is 4.50. The van der Waals surface area contributed by atoms with Crippen molar-refractivity contribution in [3.05, 3.63) is 51.5 Å². The first-order valence-electron chi connectivity index (χ1n) is 10.1. The Labute approximate surface area is 197 Å². The van der Waals surface area contributed by atoms with E-state index in [0.717, 1.165) is 31.5 Å². The first kappa shape index (κ1) is 21.0. The van der Waals surface area contributed by atoms with Crippen LogP contribution in [0.5, 0.6) is 0 Å². The van der Waals surface area contributed by atoms with Gasteiger partial charge in [-0.15, -0.1) is 11.3 Å². The first-order valence-corrected chi connectivity index (χ1v) is 11.7. The molecule has 1 amide bonds. The zero-order valence-electron chi connectivity index (χ0n) is 16.8. The third-order valence-corrected chi connectivity index (χ3v) is 6.98. The van der Waals surface area contributed by atoms with Crippen molar-refractivity contribution in [2.45, 2.75) is 19.3 Å². The van der Waals surface area contributed by atoms with Gasteiger partial charge in [-0.05, 0) is 49.6 Å². The van der Waals surface area contributed by atoms with Crippen LogP contribution in [0.15, 0.2) is 41.1 Å². The summed E-state index contributed by atoms with van der Waals surface area (Å²) in [4.78, 5) is 20.2. The van der Waals surface area contributed by atoms with Crippen LogP contribution < -0.4 is 20.9 Å². The molecule has 1 aromatic carbocycles. The molecule has 0 atom stereocenters. The smallest absolute Gasteiger partial charge is 0.306 e. The van der Waals surface area contributed by atoms with Crippen LogP contribution in [0, 0.1) is 0 Å². The third kappa shape index (κ3) is 3.99. The van der Waals surface area contributed by atoms with Crippen molar-refractivity contribution in [1.29, 1.82) is 0 Å². The maximum atomic E-state index is 12.9. The van der Waals surface area contributed by atoms with Crippen molar-refractivity contribution in [2.24, 2.45) is 0 Å². The van der Waals surface area contributed by atoms with Crippen LogP contribution in [0.2, 0.25) is 10.0 Å². The average molecular weight is 490 g/mol. The zero-order valence-corrected chi connectivity index (χ0v) is 19.2. The van der Waals surface area contributed by atoms with Gasteiger partial charge in [-0.2, -0.15) is 5.01 Å². The highest BCUT2D eigenvalue weighted by Crippen LogP contribution is 2.36. The lowest BCUT2D eigenvalue weighted by Crippen LogP contribution is -2.60. The number of carbonyl (C=O) groups excluding carboxylic acids is 1. The number of benzene rings is 1. The van der Waals surface area contributed by atoms with Crippen molar-refractivity contribution in [3.8, 4) is 11.3 Å². The van der Waals surface area contributed by atoms with Gasteiger partial charge in [0.25, 0.3) is 12.1 Å². The molecule has 0 saturated carbocycles. The molecule has 1 saturated heterocycles. The second kappa shape index (κ2) is 8.57. The van der Waals surface area contributed by atoms with Gasteiger partial charge in [0.05, 0.1) is 34.3 Å². The van der Waals surface area contributed by atoms with Crippen LogP contribution in [0.25, 0.3) is 21.5 Å². The number of pyridine rings is 1. The molecule has 1 aliphatic heterocycles. The summed E-state index contributed by atoms with van der Waals surface area (Å²) in [6.07, 6.45) is 5.08. The predicted molar refractivity (Wildman–Crippen MR) is 126 cm³/mol. The van der Waals surface area contributed by atoms with Crippen LogP contribution in [0.1, 0.15) is 28.9 Å². The van der Waals surface area contributed by atoms with Crippen LogP contribution in [-0.2, 0) is 0 Å². The van der Waals surface area contributed by atoms with E-state index < -0.39 is 0 Å². The number of nitrogen functional groups attached to an aromatic ring is 1. The number of thiophene rings is 1. The van der Waals surface area contributed by atoms with Crippen LogP contribution in [0.3, 0.4) is 0 Å². The fourth-order valence-corrected chi connectivity index (χ4v) is 5.18. The summed E-state index contributed by atoms with van der Waals surface area (Å²) in [5, 5.41) is 10.6. The number of fused-ring (bicyclic) bond motifs is 1. The van der Waals surface area contributed by atoms with E-state index in [1.807, 2.05) is 18.2 Å². The molecule has 5 rings (SSSR count). The quantitative estimate of drug-likeness (QED) is 0.409. The molecular formula is C21H19Cl2N6O2S+. The van der Waals surface area contributed by atoms with Crippen molar-refractivity contribution < 1.29 is 14.1 Å². The number of nitrogens with zero attached hydrogens (tertiary/aromatic N) is 4. The molecule has 164 valence electrons. The Bertz CT molecular complexity index is 1320. The Morgan fingerprint density at radius 3 is 2.78 bits per heavy atom. The fourth-order valence-electron chi connectivity index (χ4n) is 3.69. The van der Waals surface area contributed by atoms with E-state index in [1.165, 1.54) is 17.8 Å². The van der Waals surface area contributed by atoms with Gasteiger partial charge in [0, 0.05) is 16.0 Å². The summed E-state index contributed by atoms with van der Waals surface area (Å²) in [5.41, 5.74) is 8.05. The molecule has 8 nitrogen and oxygen atoms in total. The zero-order chi connectivity index (χ0) is 22.2. The van der Waals surface area contributed by atoms with Crippen LogP contribution in [0.4, 0.5) is 11.6 Å². The van der Waals surface area contributed by atoms with E-state index in [4.69, 9.17) is 33.5 Å². The highest BCUT2D eigenvalue weighted by atomic mass is 35.5. The third-order valence-electron chi connectivity index (χ3n) is 5.32. The number of piperidine rings is 1. The van der Waals surface area contributed by atoms with Crippen molar-refractivity contribution in [1.82, 2.24) is 10.3 Å². The Hall–Kier alpha value is -2.88. The van der Waals surface area contributed by atoms with Gasteiger partial charge in [-0.1, -0.05) is 23.2 Å². The number of carbonyl (C=O) groups is 1. The topological polar surface area (TPSA) is 101 Å². The van der Waals surface area contributed by atoms with Crippen LogP contribution in [-0.4, -0.2) is 29.3 Å². The lowest BCUT2D eigenvalue weighted by molar-refractivity contribution is -0.759. The van der Waals surface area contributed by atoms with Gasteiger partial charge in [0.15, 0.2) is 0 Å². The van der Waals surface area contributed by atoms with E-state index in [-0.39, 0.29) is 11.8 Å². The minimum absolute atomic E-state index is 0.249. The molecule has 4 heterocycles. The second-order valence-electron chi connectivity index (χ2n) is 7.47. The number of rotatable bonds is 4. The Kier molecular flexibility index (Phi) is 5.62. The fraction of sp³-hybridized carbons (Fsp3) is 0.238. The number of hydrogen-bond donors (Lipinski definition) is 2. The molecule has 1 fully saturated rings. The molecular weight excluding hydrogens is 471 g/mol. The molecule has 0 radical (unpaired) electrons. The largest absolute Gasteiger partial charge is 0.397 e. The summed E-state index contributed by atoms with van der Waals surface area (Å²) in [7, 11) is 0. The molecule has 32 heavy (non-hydrogen) atoms. The molecule has 11 heteroatoms. The number of amides is 1. The molecule has 1 aliphatic rings. The normalized spacial score (nSPS) is 14.1. The lowest BCUT2D eigenvalue weighted by Gasteiger charge is -2.17. The summed E-state index contributed by atoms with van der Waals surface area (Å²) in [6, 6.07) is 8.89. The SMILES string of the molecule is Nc1c(C(=O)Nc2c[n+](N3CCCCC3)no2)sc2nc(-c3ccc(Cl)cc3Cl)ccc12. The van der Waals surface area contributed by atoms with Crippen molar-refractivity contribution in [3.63, 3.8) is 0 Å². The number of aromatic nitrogens is 3. The molecule has 0 aliphatic carbocycles. The van der Waals surface area contributed by atoms with Crippen LogP contribution >= 0.6 is 34.5 Å². The molecule has 3 aromatic heterocycles. The Morgan fingerprint density at radius 2 is 2.00 bits per heavy atom. The maximum Gasteiger partial charge on any atom is 0.306 e. The first-order chi connectivity index (χ1) is 15.5. The van der Waals surface area contributed by atoms with Crippen molar-refractivity contribution in [2.75, 3.05) is 29.1 Å². The summed E-state index contributed by atoms with van der Waals surface area (Å²) in [5.74, 6) is -0.127. The Morgan fingerprint density at radius 1 is 1.19 bits per heavy atom. The molecule has 0 unspecified atom stereocenters. The number of nitrogens with one attached hydrogen (secondary N) is 1. The molecule has 3 N–H and O–H groups in total. The van der Waals surface area contributed by atoms with Gasteiger partial charge < -0.3 is 5.73 Å². The van der Waals surface area contributed by atoms with E-state index in [1.54, 1.807) is 23.1 Å². The number of nitrogens with two attached hydrogens (primary N) is 1. The summed E-state index contributed by atoms with van der Waals surface area (Å²) < 4.78 is 5.29. The summed E-state index contributed by atoms with van der Waals surface area (Å²) >= 11 is 13.5. The van der Waals surface area contributed by atoms with E-state index in [9.17, 15) is 4.79 Å². The number of anilines is 2. The standard InChI is InChI=1S/C21H18Cl2N6O2S/c22-12-4-5-13(15(23)10-12)16-7-6-14-18(24)19(32-21(14)25-16)20(30)26-17-11-29(27-31-17)28-8-2-1-3-9-28/h4-7,10-11H,1-3,8-9H2,(H2-,24,26,27,30)/p+1. The molecule has 0 bridgehead atoms. The highest BCUT2D eigenvalue weighted by Gasteiger charge is 2.25. The monoisotopic (exact) mass is 489 g/mol. The van der Waals surface area contributed by atoms with Gasteiger partial charge in [-0.3, -0.25) is 14.6 Å². The second-order valence-corrected chi connectivity index (χ2v) is 9.32. The van der Waals surface area contributed by atoms with Gasteiger partial charge >= 0.3 is 5.88 Å². The minimum Gasteiger partial charge on any atom is -0.397 e. The number of hydrogen-bond acceptors (Lipinski definition) is 7. The average Bonchev–Trinajstić information content (AvgIpc) is 3.39. The summed E-state index contributed by atoms with van der Waals surface area (Å²) in [6.45, 7) is 1.80. The Balaban J connectivity index is 1.39. The number of halogens is 2. The minimum atomic E-state index is -0.376. The highest BCUT2D eigenvalue weighted by molar-refractivity contribution is 7.21. The van der Waals surface area contributed by atoms with Gasteiger partial charge in [0.1, 0.15) is 9.71 Å². The molecule has 0 spiro atoms. The molecule has 4 aromatic rings. The van der Waals surface area contributed by atoms with E-state index in [0.29, 0.717) is 36.5 Å².